The quantitative estimate of drug-likeness (QED) is 0.0488. The van der Waals surface area contributed by atoms with Crippen molar-refractivity contribution in [2.75, 3.05) is 52.2 Å². The van der Waals surface area contributed by atoms with Gasteiger partial charge in [0.05, 0.1) is 24.4 Å². The molecule has 0 bridgehead atoms. The van der Waals surface area contributed by atoms with Crippen LogP contribution in [0.1, 0.15) is 92.2 Å². The molecule has 2 aromatic carbocycles. The van der Waals surface area contributed by atoms with Gasteiger partial charge in [-0.1, -0.05) is 48.5 Å². The van der Waals surface area contributed by atoms with Crippen LogP contribution in [0.3, 0.4) is 0 Å². The molecule has 0 radical (unpaired) electrons. The lowest BCUT2D eigenvalue weighted by Crippen LogP contribution is -2.31. The van der Waals surface area contributed by atoms with Crippen LogP contribution >= 0.6 is 0 Å². The summed E-state index contributed by atoms with van der Waals surface area (Å²) >= 11 is 0. The highest BCUT2D eigenvalue weighted by Gasteiger charge is 2.43. The Labute approximate surface area is 512 Å². The van der Waals surface area contributed by atoms with Crippen molar-refractivity contribution in [1.82, 2.24) is 38.2 Å². The highest BCUT2D eigenvalue weighted by atomic mass is 32.2. The number of carbonyl (C=O) groups excluding carboxylic acids is 1. The first kappa shape index (κ1) is 64.2. The standard InChI is InChI=1S/C58H69N9O17S4/c68-23-15-42-38(27-51(81-42)65-20-12-47(69)61-56(65)74)32-85(77)24-16-43-39(28-52(82-43)66-21-13-48(70)62-57(66)75)33-86(78)25-17-44-40(29-53(83-44)67-22-14-49(71)63-58(67)76)34-87(79)26-18-45-41(35-88(80)31-36-7-3-1-4-8-36)30-50(84-45)64-19-11-46(60-55(64)73)59-54(72)37-9-5-2-6-10-37/h1-14,19-22,38-45,50-53,68H,15-18,23-35H2,(H,61,69,74)(H,62,70,75)(H,63,71,76)(H,59,60,72,73)/t38-,39-,40-,41-,42-,43-,44-,45-,50-,51-,52-,53-,85?,86?,87?,88?/m1/s1. The van der Waals surface area contributed by atoms with Gasteiger partial charge in [-0.3, -0.25) is 69.2 Å². The number of rotatable bonds is 27. The molecule has 1 amide bonds. The predicted molar refractivity (Wildman–Crippen MR) is 327 cm³/mol. The number of anilines is 1. The SMILES string of the molecule is O=C(Nc1ccn([C@H]2C[C@H](CS(=O)Cc3ccccc3)[C@@H](CCS(=O)C[C@H]3C[C@H](n4ccc(=O)[nH]c4=O)O[C@@H]3CCS(=O)C[C@H]3C[C@H](n4ccc(=O)[nH]c4=O)O[C@@H]3CCS(=O)C[C@H]3C[C@H](n4ccc(=O)[nH]c4=O)O[C@@H]3CCO)O2)c(=O)n1)c1ccccc1. The van der Waals surface area contributed by atoms with Gasteiger partial charge in [-0.05, 0) is 75.1 Å². The highest BCUT2D eigenvalue weighted by Crippen LogP contribution is 2.40. The topological polar surface area (TPSA) is 354 Å². The molecule has 4 aliphatic rings. The third kappa shape index (κ3) is 16.5. The first-order chi connectivity index (χ1) is 42.4. The summed E-state index contributed by atoms with van der Waals surface area (Å²) in [5.41, 5.74) is -3.25. The minimum atomic E-state index is -1.56. The van der Waals surface area contributed by atoms with Gasteiger partial charge in [0.2, 0.25) is 0 Å². The second-order valence-electron chi connectivity index (χ2n) is 22.4. The first-order valence-electron chi connectivity index (χ1n) is 29.0. The maximum Gasteiger partial charge on any atom is 0.351 e. The van der Waals surface area contributed by atoms with E-state index in [2.05, 4.69) is 25.3 Å². The third-order valence-corrected chi connectivity index (χ3v) is 22.4. The average Bonchev–Trinajstić information content (AvgIpc) is 3.16. The molecular formula is C58H69N9O17S4. The molecule has 4 aliphatic heterocycles. The zero-order valence-electron chi connectivity index (χ0n) is 47.7. The normalized spacial score (nSPS) is 26.6. The average molecular weight is 1290 g/mol. The Morgan fingerprint density at radius 1 is 0.489 bits per heavy atom. The van der Waals surface area contributed by atoms with Gasteiger partial charge in [0.1, 0.15) is 30.7 Å². The second-order valence-corrected chi connectivity index (χ2v) is 28.8. The van der Waals surface area contributed by atoms with Crippen molar-refractivity contribution in [2.24, 2.45) is 23.7 Å². The van der Waals surface area contributed by atoms with Crippen LogP contribution in [0.15, 0.2) is 143 Å². The minimum absolute atomic E-state index is 0.0497. The maximum absolute atomic E-state index is 14.3. The largest absolute Gasteiger partial charge is 0.396 e. The van der Waals surface area contributed by atoms with Crippen LogP contribution < -0.4 is 44.8 Å². The van der Waals surface area contributed by atoms with Gasteiger partial charge < -0.3 is 29.4 Å². The van der Waals surface area contributed by atoms with Gasteiger partial charge in [-0.25, -0.2) is 19.2 Å². The fraction of sp³-hybridized carbons (Fsp3) is 0.500. The molecule has 10 rings (SSSR count). The number of hydrogen-bond acceptors (Lipinski definition) is 18. The summed E-state index contributed by atoms with van der Waals surface area (Å²) in [7, 11) is -5.92. The summed E-state index contributed by atoms with van der Waals surface area (Å²) in [5.74, 6) is -0.619. The lowest BCUT2D eigenvalue weighted by Gasteiger charge is -2.21. The zero-order chi connectivity index (χ0) is 62.0. The number of ether oxygens (including phenoxy) is 4. The van der Waals surface area contributed by atoms with Gasteiger partial charge in [0.25, 0.3) is 22.6 Å². The van der Waals surface area contributed by atoms with Gasteiger partial charge in [-0.15, -0.1) is 0 Å². The molecule has 26 nitrogen and oxygen atoms in total. The van der Waals surface area contributed by atoms with Crippen LogP contribution in [-0.4, -0.2) is 137 Å². The number of carbonyl (C=O) groups is 1. The van der Waals surface area contributed by atoms with E-state index in [0.29, 0.717) is 24.2 Å². The maximum atomic E-state index is 14.3. The Bertz CT molecular complexity index is 3950. The Hall–Kier alpha value is -6.77. The molecule has 4 unspecified atom stereocenters. The van der Waals surface area contributed by atoms with Crippen LogP contribution in [0, 0.1) is 23.7 Å². The van der Waals surface area contributed by atoms with E-state index in [1.54, 1.807) is 30.3 Å². The minimum Gasteiger partial charge on any atom is -0.396 e. The van der Waals surface area contributed by atoms with Crippen molar-refractivity contribution in [2.45, 2.75) is 106 Å². The van der Waals surface area contributed by atoms with Crippen molar-refractivity contribution in [3.8, 4) is 0 Å². The first-order valence-corrected chi connectivity index (χ1v) is 34.9. The molecule has 0 saturated carbocycles. The summed E-state index contributed by atoms with van der Waals surface area (Å²) in [6.45, 7) is -0.215. The summed E-state index contributed by atoms with van der Waals surface area (Å²) in [6.07, 6.45) is 1.76. The number of hydrogen-bond donors (Lipinski definition) is 5. The number of aromatic amines is 3. The van der Waals surface area contributed by atoms with Gasteiger partial charge in [0.15, 0.2) is 0 Å². The van der Waals surface area contributed by atoms with E-state index in [1.165, 1.54) is 67.3 Å². The fourth-order valence-corrected chi connectivity index (χ4v) is 18.1. The van der Waals surface area contributed by atoms with E-state index in [0.717, 1.165) is 5.56 Å². The highest BCUT2D eigenvalue weighted by molar-refractivity contribution is 7.85. The number of nitrogens with zero attached hydrogens (tertiary/aromatic N) is 5. The smallest absolute Gasteiger partial charge is 0.351 e. The molecule has 16 atom stereocenters. The number of aliphatic hydroxyl groups excluding tert-OH is 1. The molecule has 472 valence electrons. The van der Waals surface area contributed by atoms with Crippen LogP contribution in [0.2, 0.25) is 0 Å². The van der Waals surface area contributed by atoms with Crippen molar-refractivity contribution >= 4 is 54.9 Å². The van der Waals surface area contributed by atoms with E-state index in [9.17, 15) is 60.3 Å². The van der Waals surface area contributed by atoms with Crippen LogP contribution in [0.4, 0.5) is 5.82 Å². The molecule has 0 spiro atoms. The number of H-pyrrole nitrogens is 3. The molecule has 30 heteroatoms. The van der Waals surface area contributed by atoms with Crippen LogP contribution in [-0.2, 0) is 67.9 Å². The molecule has 0 aliphatic carbocycles. The molecule has 4 saturated heterocycles. The number of aromatic nitrogens is 8. The lowest BCUT2D eigenvalue weighted by atomic mass is 10.0. The van der Waals surface area contributed by atoms with E-state index in [4.69, 9.17) is 18.9 Å². The second kappa shape index (κ2) is 29.7. The Morgan fingerprint density at radius 3 is 1.24 bits per heavy atom. The van der Waals surface area contributed by atoms with E-state index in [1.807, 2.05) is 30.3 Å². The van der Waals surface area contributed by atoms with Crippen molar-refractivity contribution < 1.29 is 45.7 Å². The molecule has 8 heterocycles. The Balaban J connectivity index is 0.795. The Morgan fingerprint density at radius 2 is 0.852 bits per heavy atom. The molecule has 5 N–H and O–H groups in total. The third-order valence-electron chi connectivity index (χ3n) is 16.4. The zero-order valence-corrected chi connectivity index (χ0v) is 51.0. The number of nitrogens with one attached hydrogen (secondary N) is 4. The summed E-state index contributed by atoms with van der Waals surface area (Å²) < 4.78 is 86.9. The van der Waals surface area contributed by atoms with Gasteiger partial charge >= 0.3 is 22.8 Å². The van der Waals surface area contributed by atoms with Crippen molar-refractivity contribution in [1.29, 1.82) is 0 Å². The molecular weight excluding hydrogens is 1220 g/mol. The number of aliphatic hydroxyl groups is 1. The van der Waals surface area contributed by atoms with Gasteiger partial charge in [-0.2, -0.15) is 4.98 Å². The van der Waals surface area contributed by atoms with E-state index < -0.39 is 150 Å². The van der Waals surface area contributed by atoms with Crippen molar-refractivity contribution in [3.63, 3.8) is 0 Å². The fourth-order valence-electron chi connectivity index (χ4n) is 12.1. The summed E-state index contributed by atoms with van der Waals surface area (Å²) in [5, 5.41) is 12.5. The molecule has 88 heavy (non-hydrogen) atoms. The summed E-state index contributed by atoms with van der Waals surface area (Å²) in [4.78, 5) is 112. The predicted octanol–water partition coefficient (Wildman–Crippen LogP) is 1.51. The summed E-state index contributed by atoms with van der Waals surface area (Å²) in [6, 6.07) is 22.9. The van der Waals surface area contributed by atoms with Crippen LogP contribution in [0.5, 0.6) is 0 Å². The molecule has 4 fully saturated rings. The van der Waals surface area contributed by atoms with Crippen LogP contribution in [0.25, 0.3) is 0 Å². The van der Waals surface area contributed by atoms with E-state index in [-0.39, 0.29) is 103 Å². The van der Waals surface area contributed by atoms with E-state index >= 15 is 0 Å². The molecule has 6 aromatic rings. The number of benzene rings is 2. The monoisotopic (exact) mass is 1290 g/mol. The Kier molecular flexibility index (Phi) is 21.7. The number of amides is 1. The van der Waals surface area contributed by atoms with Gasteiger partial charge in [0, 0.05) is 168 Å². The lowest BCUT2D eigenvalue weighted by molar-refractivity contribution is -0.0160. The molecule has 4 aromatic heterocycles. The van der Waals surface area contributed by atoms with Crippen molar-refractivity contribution in [3.05, 3.63) is 194 Å².